The minimum atomic E-state index is -1.34. The largest absolute Gasteiger partial charge is 0.480 e. The molecule has 0 bridgehead atoms. The van der Waals surface area contributed by atoms with Crippen LogP contribution in [0.5, 0.6) is 0 Å². The van der Waals surface area contributed by atoms with Gasteiger partial charge in [0.1, 0.15) is 6.04 Å². The number of tetrazole rings is 1. The van der Waals surface area contributed by atoms with Crippen molar-refractivity contribution in [3.63, 3.8) is 0 Å². The Bertz CT molecular complexity index is 1200. The maximum atomic E-state index is 13.1. The number of carboxylic acid groups (broad SMARTS) is 1. The van der Waals surface area contributed by atoms with E-state index in [-0.39, 0.29) is 18.9 Å². The summed E-state index contributed by atoms with van der Waals surface area (Å²) in [6.07, 6.45) is 1.64. The van der Waals surface area contributed by atoms with Gasteiger partial charge >= 0.3 is 5.97 Å². The predicted molar refractivity (Wildman–Crippen MR) is 130 cm³/mol. The van der Waals surface area contributed by atoms with Gasteiger partial charge in [0.25, 0.3) is 0 Å². The zero-order chi connectivity index (χ0) is 25.4. The molecule has 0 aliphatic rings. The number of carbonyl (C=O) groups excluding carboxylic acids is 1. The molecule has 0 radical (unpaired) electrons. The Labute approximate surface area is 202 Å². The number of rotatable bonds is 11. The van der Waals surface area contributed by atoms with Crippen LogP contribution in [0.1, 0.15) is 45.6 Å². The highest BCUT2D eigenvalue weighted by molar-refractivity contribution is 5.85. The van der Waals surface area contributed by atoms with E-state index in [0.29, 0.717) is 12.2 Å². The lowest BCUT2D eigenvalue weighted by Gasteiger charge is -2.37. The Morgan fingerprint density at radius 1 is 1.17 bits per heavy atom. The first kappa shape index (κ1) is 25.4. The number of azide groups is 1. The van der Waals surface area contributed by atoms with Crippen LogP contribution < -0.4 is 0 Å². The molecule has 11 heteroatoms. The molecule has 0 fully saturated rings. The molecular weight excluding hydrogens is 448 g/mol. The average Bonchev–Trinajstić information content (AvgIpc) is 3.37. The van der Waals surface area contributed by atoms with Crippen LogP contribution in [0.15, 0.2) is 53.6 Å². The Hall–Kier alpha value is -4.24. The van der Waals surface area contributed by atoms with Gasteiger partial charge in [-0.3, -0.25) is 4.79 Å². The number of benzene rings is 2. The molecule has 0 spiro atoms. The van der Waals surface area contributed by atoms with Crippen molar-refractivity contribution in [1.82, 2.24) is 25.5 Å². The van der Waals surface area contributed by atoms with Gasteiger partial charge in [-0.1, -0.05) is 80.8 Å². The van der Waals surface area contributed by atoms with Crippen molar-refractivity contribution in [2.24, 2.45) is 5.11 Å². The van der Waals surface area contributed by atoms with E-state index in [0.717, 1.165) is 28.7 Å². The first-order chi connectivity index (χ1) is 16.8. The second-order valence-electron chi connectivity index (χ2n) is 8.69. The molecule has 11 nitrogen and oxygen atoms in total. The van der Waals surface area contributed by atoms with E-state index in [2.05, 4.69) is 30.7 Å². The highest BCUT2D eigenvalue weighted by Gasteiger charge is 2.41. The number of nitrogens with one attached hydrogen (secondary N) is 1. The molecule has 0 saturated heterocycles. The summed E-state index contributed by atoms with van der Waals surface area (Å²) in [7, 11) is 0. The number of H-pyrrole nitrogens is 1. The molecule has 3 rings (SSSR count). The van der Waals surface area contributed by atoms with Gasteiger partial charge in [0.15, 0.2) is 0 Å². The summed E-state index contributed by atoms with van der Waals surface area (Å²) >= 11 is 0. The fraction of sp³-hybridized carbons (Fsp3) is 0.375. The van der Waals surface area contributed by atoms with Crippen molar-refractivity contribution in [1.29, 1.82) is 0 Å². The highest BCUT2D eigenvalue weighted by atomic mass is 16.4. The smallest absolute Gasteiger partial charge is 0.327 e. The van der Waals surface area contributed by atoms with Crippen LogP contribution in [0.4, 0.5) is 0 Å². The van der Waals surface area contributed by atoms with E-state index in [1.54, 1.807) is 0 Å². The third kappa shape index (κ3) is 6.01. The number of unbranched alkanes of at least 4 members (excludes halogenated alkanes) is 1. The maximum Gasteiger partial charge on any atom is 0.327 e. The Morgan fingerprint density at radius 3 is 2.43 bits per heavy atom. The van der Waals surface area contributed by atoms with Gasteiger partial charge in [0.2, 0.25) is 11.7 Å². The summed E-state index contributed by atoms with van der Waals surface area (Å²) in [5.41, 5.74) is 11.0. The first-order valence-electron chi connectivity index (χ1n) is 11.3. The molecule has 1 aromatic heterocycles. The van der Waals surface area contributed by atoms with Crippen molar-refractivity contribution >= 4 is 11.9 Å². The molecule has 35 heavy (non-hydrogen) atoms. The van der Waals surface area contributed by atoms with Crippen molar-refractivity contribution < 1.29 is 14.7 Å². The van der Waals surface area contributed by atoms with Gasteiger partial charge in [0.05, 0.1) is 5.54 Å². The van der Waals surface area contributed by atoms with E-state index in [4.69, 9.17) is 5.53 Å². The normalized spacial score (nSPS) is 12.0. The quantitative estimate of drug-likeness (QED) is 0.234. The van der Waals surface area contributed by atoms with E-state index in [1.165, 1.54) is 18.7 Å². The number of aromatic amines is 1. The molecule has 2 aromatic carbocycles. The maximum absolute atomic E-state index is 13.1. The molecule has 0 aliphatic heterocycles. The average molecular weight is 477 g/mol. The van der Waals surface area contributed by atoms with Gasteiger partial charge in [-0.2, -0.15) is 5.21 Å². The van der Waals surface area contributed by atoms with Crippen LogP contribution in [-0.4, -0.2) is 54.1 Å². The van der Waals surface area contributed by atoms with E-state index >= 15 is 0 Å². The number of carboxylic acids is 1. The zero-order valence-electron chi connectivity index (χ0n) is 19.9. The third-order valence-corrected chi connectivity index (χ3v) is 5.71. The summed E-state index contributed by atoms with van der Waals surface area (Å²) in [5, 5.41) is 27.9. The molecule has 1 heterocycles. The van der Waals surface area contributed by atoms with Gasteiger partial charge in [-0.05, 0) is 33.9 Å². The van der Waals surface area contributed by atoms with Crippen LogP contribution in [0.2, 0.25) is 0 Å². The van der Waals surface area contributed by atoms with Crippen molar-refractivity contribution in [2.75, 3.05) is 0 Å². The van der Waals surface area contributed by atoms with Crippen molar-refractivity contribution in [3.8, 4) is 22.5 Å². The predicted octanol–water partition coefficient (Wildman–Crippen LogP) is 4.59. The fourth-order valence-electron chi connectivity index (χ4n) is 3.97. The summed E-state index contributed by atoms with van der Waals surface area (Å²) < 4.78 is 0. The molecular formula is C24H28N8O3. The van der Waals surface area contributed by atoms with Crippen LogP contribution in [-0.2, 0) is 16.1 Å². The third-order valence-electron chi connectivity index (χ3n) is 5.71. The Morgan fingerprint density at radius 2 is 1.86 bits per heavy atom. The molecule has 1 amide bonds. The Kier molecular flexibility index (Phi) is 8.17. The molecule has 0 saturated carbocycles. The minimum Gasteiger partial charge on any atom is -0.480 e. The van der Waals surface area contributed by atoms with E-state index in [9.17, 15) is 14.7 Å². The number of carbonyl (C=O) groups is 2. The second kappa shape index (κ2) is 11.3. The molecule has 182 valence electrons. The van der Waals surface area contributed by atoms with Gasteiger partial charge in [0, 0.05) is 23.4 Å². The van der Waals surface area contributed by atoms with Crippen LogP contribution >= 0.6 is 0 Å². The van der Waals surface area contributed by atoms with Crippen LogP contribution in [0, 0.1) is 0 Å². The lowest BCUT2D eigenvalue weighted by Crippen LogP contribution is -2.55. The van der Waals surface area contributed by atoms with Crippen LogP contribution in [0.3, 0.4) is 0 Å². The molecule has 3 aromatic rings. The monoisotopic (exact) mass is 476 g/mol. The van der Waals surface area contributed by atoms with E-state index < -0.39 is 17.6 Å². The molecule has 1 atom stereocenters. The van der Waals surface area contributed by atoms with E-state index in [1.807, 2.05) is 55.5 Å². The van der Waals surface area contributed by atoms with Gasteiger partial charge in [-0.15, -0.1) is 10.2 Å². The fourth-order valence-corrected chi connectivity index (χ4v) is 3.97. The lowest BCUT2D eigenvalue weighted by atomic mass is 9.92. The number of nitrogens with zero attached hydrogens (tertiary/aromatic N) is 7. The summed E-state index contributed by atoms with van der Waals surface area (Å²) in [5.74, 6) is -1.05. The SMILES string of the molecule is CCCCC(=O)N(Cc1ccc(-c2ccccc2-c2nn[nH]n2)cc1)[C@H](C(=O)O)C(C)(C)N=[N+]=[N-]. The van der Waals surface area contributed by atoms with Gasteiger partial charge < -0.3 is 10.0 Å². The molecule has 0 unspecified atom stereocenters. The minimum absolute atomic E-state index is 0.0661. The van der Waals surface area contributed by atoms with Crippen molar-refractivity contribution in [2.45, 2.75) is 58.2 Å². The molecule has 0 aliphatic carbocycles. The highest BCUT2D eigenvalue weighted by Crippen LogP contribution is 2.30. The Balaban J connectivity index is 1.94. The first-order valence-corrected chi connectivity index (χ1v) is 11.3. The lowest BCUT2D eigenvalue weighted by molar-refractivity contribution is -0.153. The second-order valence-corrected chi connectivity index (χ2v) is 8.69. The summed E-state index contributed by atoms with van der Waals surface area (Å²) in [6, 6.07) is 13.8. The number of hydrogen-bond acceptors (Lipinski definition) is 6. The van der Waals surface area contributed by atoms with Crippen molar-refractivity contribution in [3.05, 3.63) is 64.5 Å². The zero-order valence-corrected chi connectivity index (χ0v) is 19.9. The standard InChI is InChI=1S/C24H28N8O3/c1-4-5-10-20(33)32(21(23(34)35)24(2,3)28-29-25)15-16-11-13-17(14-12-16)18-8-6-7-9-19(18)22-26-30-31-27-22/h6-9,11-14,21H,4-5,10,15H2,1-3H3,(H,34,35)(H,26,27,30,31)/t21-/m1/s1. The number of hydrogen-bond donors (Lipinski definition) is 2. The summed E-state index contributed by atoms with van der Waals surface area (Å²) in [4.78, 5) is 29.4. The van der Waals surface area contributed by atoms with Crippen LogP contribution in [0.25, 0.3) is 33.0 Å². The van der Waals surface area contributed by atoms with Gasteiger partial charge in [-0.25, -0.2) is 4.79 Å². The summed E-state index contributed by atoms with van der Waals surface area (Å²) in [6.45, 7) is 5.06. The number of aliphatic carboxylic acids is 1. The number of aromatic nitrogens is 4. The molecule has 2 N–H and O–H groups in total. The number of amides is 1. The topological polar surface area (TPSA) is 161 Å².